The zero-order chi connectivity index (χ0) is 28.0. The summed E-state index contributed by atoms with van der Waals surface area (Å²) in [6.45, 7) is 7.60. The topological polar surface area (TPSA) is 87.1 Å². The fourth-order valence-corrected chi connectivity index (χ4v) is 4.85. The Balaban J connectivity index is 1.89. The highest BCUT2D eigenvalue weighted by Gasteiger charge is 2.31. The largest absolute Gasteiger partial charge is 0.503 e. The summed E-state index contributed by atoms with van der Waals surface area (Å²) in [5.74, 6) is 0.189. The van der Waals surface area contributed by atoms with Crippen molar-refractivity contribution in [2.45, 2.75) is 46.1 Å². The summed E-state index contributed by atoms with van der Waals surface area (Å²) in [4.78, 5) is 17.8. The van der Waals surface area contributed by atoms with Crippen molar-refractivity contribution < 1.29 is 28.8 Å². The van der Waals surface area contributed by atoms with Gasteiger partial charge in [-0.25, -0.2) is 0 Å². The summed E-state index contributed by atoms with van der Waals surface area (Å²) in [6.07, 6.45) is 1.12. The molecule has 2 atom stereocenters. The molecule has 0 fully saturated rings. The zero-order valence-electron chi connectivity index (χ0n) is 22.9. The lowest BCUT2D eigenvalue weighted by Gasteiger charge is -2.29. The first kappa shape index (κ1) is 28.9. The monoisotopic (exact) mass is 537 g/mol. The number of esters is 1. The number of thiocarbonyl (C=S) groups is 1. The maximum atomic E-state index is 13.3. The summed E-state index contributed by atoms with van der Waals surface area (Å²) in [5.41, 5.74) is 4.10. The number of ether oxygens (including phenoxy) is 4. The van der Waals surface area contributed by atoms with Crippen LogP contribution < -0.4 is 14.2 Å². The molecule has 2 aromatic carbocycles. The van der Waals surface area contributed by atoms with Crippen LogP contribution in [0, 0.1) is 19.8 Å². The van der Waals surface area contributed by atoms with Crippen LogP contribution in [0.15, 0.2) is 48.7 Å². The van der Waals surface area contributed by atoms with Crippen LogP contribution in [-0.2, 0) is 9.53 Å². The Morgan fingerprint density at radius 3 is 1.92 bits per heavy atom. The number of methoxy groups -OCH3 is 3. The number of carbonyl (C=O) groups is 1. The van der Waals surface area contributed by atoms with Gasteiger partial charge < -0.3 is 24.1 Å². The van der Waals surface area contributed by atoms with Crippen molar-refractivity contribution in [3.8, 4) is 23.0 Å². The van der Waals surface area contributed by atoms with E-state index in [1.807, 2.05) is 57.2 Å². The first-order valence-electron chi connectivity index (χ1n) is 12.4. The lowest BCUT2D eigenvalue weighted by atomic mass is 9.85. The molecule has 0 bridgehead atoms. The number of aromatic nitrogens is 1. The standard InChI is InChI=1S/C30H35NO6S/c1-17-8-10-21(24(14-17)35-6)27(22-11-9-18(2)15-25(22)36-7)20(4)37-30(33)19(3)16-26(38)28-29(32)23(34-5)12-13-31-28/h8-15,19-20,27,32H,16H2,1-7H3/t19-,20+/m1/s1. The van der Waals surface area contributed by atoms with Gasteiger partial charge in [-0.05, 0) is 50.5 Å². The molecule has 0 amide bonds. The van der Waals surface area contributed by atoms with Crippen LogP contribution in [0.4, 0.5) is 0 Å². The van der Waals surface area contributed by atoms with Gasteiger partial charge >= 0.3 is 5.97 Å². The molecule has 7 nitrogen and oxygen atoms in total. The summed E-state index contributed by atoms with van der Waals surface area (Å²) >= 11 is 5.50. The molecular weight excluding hydrogens is 502 g/mol. The Hall–Kier alpha value is -3.65. The van der Waals surface area contributed by atoms with Crippen LogP contribution in [0.3, 0.4) is 0 Å². The quantitative estimate of drug-likeness (QED) is 0.183. The molecule has 1 heterocycles. The smallest absolute Gasteiger partial charge is 0.309 e. The molecule has 0 saturated heterocycles. The number of hydrogen-bond acceptors (Lipinski definition) is 8. The number of pyridine rings is 1. The minimum Gasteiger partial charge on any atom is -0.503 e. The maximum Gasteiger partial charge on any atom is 0.309 e. The van der Waals surface area contributed by atoms with Crippen molar-refractivity contribution in [3.05, 3.63) is 76.6 Å². The molecule has 0 aliphatic carbocycles. The molecule has 0 spiro atoms. The minimum atomic E-state index is -0.571. The molecule has 0 saturated carbocycles. The number of rotatable bonds is 11. The van der Waals surface area contributed by atoms with Gasteiger partial charge in [0, 0.05) is 28.3 Å². The Morgan fingerprint density at radius 2 is 1.42 bits per heavy atom. The van der Waals surface area contributed by atoms with Gasteiger partial charge in [0.15, 0.2) is 11.5 Å². The second-order valence-electron chi connectivity index (χ2n) is 9.35. The molecule has 0 radical (unpaired) electrons. The Labute approximate surface area is 229 Å². The fourth-order valence-electron chi connectivity index (χ4n) is 4.45. The van der Waals surface area contributed by atoms with Crippen LogP contribution in [0.5, 0.6) is 23.0 Å². The molecule has 202 valence electrons. The third-order valence-electron chi connectivity index (χ3n) is 6.48. The van der Waals surface area contributed by atoms with Crippen molar-refractivity contribution in [1.82, 2.24) is 4.98 Å². The van der Waals surface area contributed by atoms with Crippen molar-refractivity contribution in [3.63, 3.8) is 0 Å². The second-order valence-corrected chi connectivity index (χ2v) is 9.84. The number of nitrogens with zero attached hydrogens (tertiary/aromatic N) is 1. The predicted molar refractivity (Wildman–Crippen MR) is 151 cm³/mol. The molecule has 8 heteroatoms. The Morgan fingerprint density at radius 1 is 0.895 bits per heavy atom. The van der Waals surface area contributed by atoms with Gasteiger partial charge in [-0.1, -0.05) is 43.4 Å². The van der Waals surface area contributed by atoms with E-state index in [2.05, 4.69) is 4.98 Å². The average molecular weight is 538 g/mol. The van der Waals surface area contributed by atoms with Gasteiger partial charge in [-0.2, -0.15) is 0 Å². The predicted octanol–water partition coefficient (Wildman–Crippen LogP) is 5.94. The average Bonchev–Trinajstić information content (AvgIpc) is 2.90. The SMILES string of the molecule is COc1cc(C)ccc1C(c1ccc(C)cc1OC)[C@H](C)OC(=O)[C@H](C)CC(=S)c1nccc(OC)c1O. The fraction of sp³-hybridized carbons (Fsp3) is 0.367. The van der Waals surface area contributed by atoms with Crippen molar-refractivity contribution in [1.29, 1.82) is 0 Å². The lowest BCUT2D eigenvalue weighted by molar-refractivity contribution is -0.153. The zero-order valence-corrected chi connectivity index (χ0v) is 23.7. The van der Waals surface area contributed by atoms with Gasteiger partial charge in [-0.3, -0.25) is 9.78 Å². The van der Waals surface area contributed by atoms with Crippen molar-refractivity contribution in [2.24, 2.45) is 5.92 Å². The van der Waals surface area contributed by atoms with Gasteiger partial charge in [0.05, 0.1) is 33.2 Å². The molecule has 0 aliphatic heterocycles. The highest BCUT2D eigenvalue weighted by Crippen LogP contribution is 2.41. The van der Waals surface area contributed by atoms with E-state index in [-0.39, 0.29) is 29.5 Å². The van der Waals surface area contributed by atoms with Crippen molar-refractivity contribution >= 4 is 23.1 Å². The molecule has 3 aromatic rings. The van der Waals surface area contributed by atoms with Gasteiger partial charge in [0.1, 0.15) is 23.3 Å². The van der Waals surface area contributed by atoms with Gasteiger partial charge in [0.25, 0.3) is 0 Å². The first-order chi connectivity index (χ1) is 18.1. The third kappa shape index (κ3) is 6.42. The van der Waals surface area contributed by atoms with E-state index < -0.39 is 18.0 Å². The summed E-state index contributed by atoms with van der Waals surface area (Å²) in [7, 11) is 4.71. The molecule has 1 N–H and O–H groups in total. The van der Waals surface area contributed by atoms with Gasteiger partial charge in [-0.15, -0.1) is 0 Å². The first-order valence-corrected chi connectivity index (χ1v) is 12.8. The number of aromatic hydroxyl groups is 1. The van der Waals surface area contributed by atoms with Crippen LogP contribution in [0.2, 0.25) is 0 Å². The summed E-state index contributed by atoms with van der Waals surface area (Å²) in [5, 5.41) is 10.4. The van der Waals surface area contributed by atoms with E-state index in [1.165, 1.54) is 13.3 Å². The molecule has 1 aromatic heterocycles. The van der Waals surface area contributed by atoms with E-state index in [0.717, 1.165) is 22.3 Å². The molecule has 0 unspecified atom stereocenters. The van der Waals surface area contributed by atoms with E-state index >= 15 is 0 Å². The van der Waals surface area contributed by atoms with E-state index in [4.69, 9.17) is 31.2 Å². The maximum absolute atomic E-state index is 13.3. The molecule has 38 heavy (non-hydrogen) atoms. The Kier molecular flexibility index (Phi) is 9.69. The van der Waals surface area contributed by atoms with E-state index in [0.29, 0.717) is 16.4 Å². The number of benzene rings is 2. The number of aryl methyl sites for hydroxylation is 2. The Bertz CT molecular complexity index is 1250. The van der Waals surface area contributed by atoms with Crippen LogP contribution in [-0.4, -0.2) is 48.4 Å². The molecule has 3 rings (SSSR count). The van der Waals surface area contributed by atoms with Crippen LogP contribution in [0.1, 0.15) is 54.1 Å². The molecule has 0 aliphatic rings. The summed E-state index contributed by atoms with van der Waals surface area (Å²) in [6, 6.07) is 13.5. The minimum absolute atomic E-state index is 0.146. The summed E-state index contributed by atoms with van der Waals surface area (Å²) < 4.78 is 22.6. The van der Waals surface area contributed by atoms with E-state index in [9.17, 15) is 9.90 Å². The number of carbonyl (C=O) groups excluding carboxylic acids is 1. The van der Waals surface area contributed by atoms with Crippen molar-refractivity contribution in [2.75, 3.05) is 21.3 Å². The third-order valence-corrected chi connectivity index (χ3v) is 6.84. The normalized spacial score (nSPS) is 12.5. The highest BCUT2D eigenvalue weighted by molar-refractivity contribution is 7.80. The number of hydrogen-bond donors (Lipinski definition) is 1. The van der Waals surface area contributed by atoms with Crippen LogP contribution in [0.25, 0.3) is 0 Å². The second kappa shape index (κ2) is 12.7. The highest BCUT2D eigenvalue weighted by atomic mass is 32.1. The lowest BCUT2D eigenvalue weighted by Crippen LogP contribution is -2.28. The van der Waals surface area contributed by atoms with Crippen LogP contribution >= 0.6 is 12.2 Å². The molecular formula is C30H35NO6S. The van der Waals surface area contributed by atoms with E-state index in [1.54, 1.807) is 27.2 Å². The van der Waals surface area contributed by atoms with Gasteiger partial charge in [0.2, 0.25) is 0 Å².